The molecule has 1 heterocycles. The number of nitrogens with one attached hydrogen (secondary N) is 1. The third-order valence-electron chi connectivity index (χ3n) is 3.37. The van der Waals surface area contributed by atoms with Crippen LogP contribution in [0.15, 0.2) is 30.5 Å². The Morgan fingerprint density at radius 1 is 1.37 bits per heavy atom. The van der Waals surface area contributed by atoms with Crippen molar-refractivity contribution >= 4 is 16.8 Å². The van der Waals surface area contributed by atoms with Gasteiger partial charge >= 0.3 is 0 Å². The van der Waals surface area contributed by atoms with Crippen molar-refractivity contribution in [3.63, 3.8) is 0 Å². The number of hydrogen-bond acceptors (Lipinski definition) is 2. The van der Waals surface area contributed by atoms with E-state index in [1.54, 1.807) is 4.90 Å². The molecule has 0 spiro atoms. The minimum Gasteiger partial charge on any atom is -0.396 e. The third kappa shape index (κ3) is 3.35. The van der Waals surface area contributed by atoms with Gasteiger partial charge in [0.2, 0.25) is 5.91 Å². The van der Waals surface area contributed by atoms with E-state index in [1.165, 1.54) is 10.9 Å². The first kappa shape index (κ1) is 13.6. The van der Waals surface area contributed by atoms with Crippen LogP contribution in [0.4, 0.5) is 0 Å². The van der Waals surface area contributed by atoms with Gasteiger partial charge in [-0.3, -0.25) is 4.79 Å². The molecule has 0 atom stereocenters. The van der Waals surface area contributed by atoms with Gasteiger partial charge < -0.3 is 15.0 Å². The first-order valence-electron chi connectivity index (χ1n) is 6.62. The minimum atomic E-state index is 0.0715. The van der Waals surface area contributed by atoms with E-state index in [9.17, 15) is 4.79 Å². The van der Waals surface area contributed by atoms with Gasteiger partial charge in [-0.2, -0.15) is 0 Å². The highest BCUT2D eigenvalue weighted by atomic mass is 16.3. The predicted octanol–water partition coefficient (Wildman–Crippen LogP) is 1.94. The van der Waals surface area contributed by atoms with E-state index in [0.29, 0.717) is 19.4 Å². The van der Waals surface area contributed by atoms with Crippen LogP contribution in [0.3, 0.4) is 0 Å². The fourth-order valence-corrected chi connectivity index (χ4v) is 2.17. The molecule has 0 saturated heterocycles. The molecular formula is C15H20N2O2. The number of H-pyrrole nitrogens is 1. The summed E-state index contributed by atoms with van der Waals surface area (Å²) in [6.45, 7) is 0.772. The molecule has 0 bridgehead atoms. The Labute approximate surface area is 113 Å². The molecular weight excluding hydrogens is 240 g/mol. The Bertz CT molecular complexity index is 548. The van der Waals surface area contributed by atoms with Gasteiger partial charge in [-0.25, -0.2) is 0 Å². The van der Waals surface area contributed by atoms with Crippen molar-refractivity contribution in [2.24, 2.45) is 0 Å². The molecule has 0 saturated carbocycles. The van der Waals surface area contributed by atoms with Crippen LogP contribution in [0.2, 0.25) is 0 Å². The summed E-state index contributed by atoms with van der Waals surface area (Å²) < 4.78 is 0. The lowest BCUT2D eigenvalue weighted by atomic mass is 10.1. The van der Waals surface area contributed by atoms with Gasteiger partial charge in [0.05, 0.1) is 0 Å². The molecule has 2 N–H and O–H groups in total. The zero-order valence-corrected chi connectivity index (χ0v) is 11.2. The lowest BCUT2D eigenvalue weighted by molar-refractivity contribution is -0.130. The van der Waals surface area contributed by atoms with E-state index in [0.717, 1.165) is 11.9 Å². The fraction of sp³-hybridized carbons (Fsp3) is 0.400. The number of aromatic amines is 1. The highest BCUT2D eigenvalue weighted by molar-refractivity contribution is 5.83. The Balaban J connectivity index is 1.93. The molecule has 1 aromatic heterocycles. The van der Waals surface area contributed by atoms with Crippen molar-refractivity contribution < 1.29 is 9.90 Å². The summed E-state index contributed by atoms with van der Waals surface area (Å²) in [6, 6.07) is 8.17. The molecule has 2 aromatic rings. The first-order chi connectivity index (χ1) is 9.22. The monoisotopic (exact) mass is 260 g/mol. The second-order valence-electron chi connectivity index (χ2n) is 4.75. The Morgan fingerprint density at radius 2 is 2.16 bits per heavy atom. The molecule has 0 aliphatic carbocycles. The van der Waals surface area contributed by atoms with Crippen LogP contribution < -0.4 is 0 Å². The summed E-state index contributed by atoms with van der Waals surface area (Å²) in [7, 11) is 1.81. The maximum atomic E-state index is 11.7. The zero-order valence-electron chi connectivity index (χ0n) is 11.2. The molecule has 19 heavy (non-hydrogen) atoms. The molecule has 4 heteroatoms. The maximum absolute atomic E-state index is 11.7. The van der Waals surface area contributed by atoms with Crippen molar-refractivity contribution in [3.05, 3.63) is 36.0 Å². The van der Waals surface area contributed by atoms with Crippen LogP contribution >= 0.6 is 0 Å². The largest absolute Gasteiger partial charge is 0.396 e. The molecule has 0 fully saturated rings. The summed E-state index contributed by atoms with van der Waals surface area (Å²) >= 11 is 0. The Morgan fingerprint density at radius 3 is 2.95 bits per heavy atom. The van der Waals surface area contributed by atoms with Crippen molar-refractivity contribution in [1.82, 2.24) is 9.88 Å². The van der Waals surface area contributed by atoms with Crippen LogP contribution in [0.25, 0.3) is 10.9 Å². The number of likely N-dealkylation sites (N-methyl/N-ethyl adjacent to an activating group) is 1. The molecule has 0 aliphatic heterocycles. The molecule has 0 unspecified atom stereocenters. The van der Waals surface area contributed by atoms with E-state index in [2.05, 4.69) is 17.1 Å². The molecule has 0 aliphatic rings. The summed E-state index contributed by atoms with van der Waals surface area (Å²) in [5.74, 6) is 0.0916. The lowest BCUT2D eigenvalue weighted by Gasteiger charge is -2.16. The second kappa shape index (κ2) is 6.38. The summed E-state index contributed by atoms with van der Waals surface area (Å²) in [6.07, 6.45) is 3.80. The summed E-state index contributed by atoms with van der Waals surface area (Å²) in [5.41, 5.74) is 2.36. The number of aliphatic hydroxyl groups is 1. The predicted molar refractivity (Wildman–Crippen MR) is 76.0 cm³/mol. The SMILES string of the molecule is CN(CCc1c[nH]c2ccccc12)C(=O)CCCO. The number of fused-ring (bicyclic) bond motifs is 1. The summed E-state index contributed by atoms with van der Waals surface area (Å²) in [4.78, 5) is 16.7. The highest BCUT2D eigenvalue weighted by Gasteiger charge is 2.09. The average Bonchev–Trinajstić information content (AvgIpc) is 2.85. The number of para-hydroxylation sites is 1. The van der Waals surface area contributed by atoms with Crippen LogP contribution in [-0.2, 0) is 11.2 Å². The normalized spacial score (nSPS) is 10.8. The highest BCUT2D eigenvalue weighted by Crippen LogP contribution is 2.18. The number of aliphatic hydroxyl groups excluding tert-OH is 1. The van der Waals surface area contributed by atoms with E-state index in [1.807, 2.05) is 25.4 Å². The van der Waals surface area contributed by atoms with Gasteiger partial charge in [-0.05, 0) is 24.5 Å². The maximum Gasteiger partial charge on any atom is 0.222 e. The zero-order chi connectivity index (χ0) is 13.7. The summed E-state index contributed by atoms with van der Waals surface area (Å²) in [5, 5.41) is 9.94. The molecule has 102 valence electrons. The standard InChI is InChI=1S/C15H20N2O2/c1-17(15(19)7-4-10-18)9-8-12-11-16-14-6-3-2-5-13(12)14/h2-3,5-6,11,16,18H,4,7-10H2,1H3. The quantitative estimate of drug-likeness (QED) is 0.834. The number of amides is 1. The van der Waals surface area contributed by atoms with Crippen molar-refractivity contribution in [3.8, 4) is 0 Å². The van der Waals surface area contributed by atoms with Crippen LogP contribution in [0.5, 0.6) is 0 Å². The molecule has 4 nitrogen and oxygen atoms in total. The smallest absolute Gasteiger partial charge is 0.222 e. The Hall–Kier alpha value is -1.81. The number of carbonyl (C=O) groups excluding carboxylic acids is 1. The number of benzene rings is 1. The van der Waals surface area contributed by atoms with Crippen molar-refractivity contribution in [2.75, 3.05) is 20.2 Å². The second-order valence-corrected chi connectivity index (χ2v) is 4.75. The molecule has 1 amide bonds. The topological polar surface area (TPSA) is 56.3 Å². The number of nitrogens with zero attached hydrogens (tertiary/aromatic N) is 1. The van der Waals surface area contributed by atoms with E-state index < -0.39 is 0 Å². The number of hydrogen-bond donors (Lipinski definition) is 2. The molecule has 1 aromatic carbocycles. The van der Waals surface area contributed by atoms with Crippen LogP contribution in [0.1, 0.15) is 18.4 Å². The third-order valence-corrected chi connectivity index (χ3v) is 3.37. The van der Waals surface area contributed by atoms with E-state index in [-0.39, 0.29) is 12.5 Å². The Kier molecular flexibility index (Phi) is 4.58. The number of rotatable bonds is 6. The van der Waals surface area contributed by atoms with Crippen LogP contribution in [0, 0.1) is 0 Å². The van der Waals surface area contributed by atoms with Crippen LogP contribution in [-0.4, -0.2) is 41.1 Å². The van der Waals surface area contributed by atoms with E-state index >= 15 is 0 Å². The van der Waals surface area contributed by atoms with E-state index in [4.69, 9.17) is 5.11 Å². The van der Waals surface area contributed by atoms with Gasteiger partial charge in [0.1, 0.15) is 0 Å². The number of carbonyl (C=O) groups is 1. The van der Waals surface area contributed by atoms with Gasteiger partial charge in [0.25, 0.3) is 0 Å². The van der Waals surface area contributed by atoms with Gasteiger partial charge in [0.15, 0.2) is 0 Å². The minimum absolute atomic E-state index is 0.0715. The fourth-order valence-electron chi connectivity index (χ4n) is 2.17. The number of aromatic nitrogens is 1. The first-order valence-corrected chi connectivity index (χ1v) is 6.62. The lowest BCUT2D eigenvalue weighted by Crippen LogP contribution is -2.28. The van der Waals surface area contributed by atoms with Crippen molar-refractivity contribution in [2.45, 2.75) is 19.3 Å². The van der Waals surface area contributed by atoms with Gasteiger partial charge in [-0.15, -0.1) is 0 Å². The average molecular weight is 260 g/mol. The van der Waals surface area contributed by atoms with Crippen molar-refractivity contribution in [1.29, 1.82) is 0 Å². The molecule has 2 rings (SSSR count). The van der Waals surface area contributed by atoms with Gasteiger partial charge in [-0.1, -0.05) is 18.2 Å². The molecule has 0 radical (unpaired) electrons. The van der Waals surface area contributed by atoms with Gasteiger partial charge in [0, 0.05) is 43.7 Å².